The number of unbranched alkanes of at least 4 members (excludes halogenated alkanes) is 3. The predicted octanol–water partition coefficient (Wildman–Crippen LogP) is 7.18. The molecule has 164 valence electrons. The minimum Gasteiger partial charge on any atom is -0.399 e. The minimum absolute atomic E-state index is 0.206. The summed E-state index contributed by atoms with van der Waals surface area (Å²) >= 11 is 0. The van der Waals surface area contributed by atoms with Crippen LogP contribution in [0.3, 0.4) is 0 Å². The van der Waals surface area contributed by atoms with Crippen molar-refractivity contribution in [3.05, 3.63) is 77.4 Å². The van der Waals surface area contributed by atoms with Crippen LogP contribution in [0.1, 0.15) is 75.0 Å². The van der Waals surface area contributed by atoms with Crippen LogP contribution in [0.2, 0.25) is 0 Å². The fraction of sp³-hybridized carbons (Fsp3) is 0.448. The van der Waals surface area contributed by atoms with Crippen LogP contribution >= 0.6 is 0 Å². The van der Waals surface area contributed by atoms with E-state index in [9.17, 15) is 5.11 Å². The first-order valence-electron chi connectivity index (χ1n) is 12.0. The Morgan fingerprint density at radius 1 is 1.13 bits per heavy atom. The first kappa shape index (κ1) is 21.9. The van der Waals surface area contributed by atoms with Crippen molar-refractivity contribution in [1.29, 1.82) is 0 Å². The number of rotatable bonds is 8. The maximum Gasteiger partial charge on any atom is 0.0583 e. The van der Waals surface area contributed by atoms with E-state index in [-0.39, 0.29) is 17.4 Å². The van der Waals surface area contributed by atoms with Gasteiger partial charge in [0.15, 0.2) is 0 Å². The van der Waals surface area contributed by atoms with Gasteiger partial charge in [0, 0.05) is 17.0 Å². The Balaban J connectivity index is 1.86. The summed E-state index contributed by atoms with van der Waals surface area (Å²) in [5, 5.41) is 11.1. The van der Waals surface area contributed by atoms with Gasteiger partial charge in [-0.1, -0.05) is 74.7 Å². The van der Waals surface area contributed by atoms with Crippen LogP contribution in [-0.2, 0) is 0 Å². The van der Waals surface area contributed by atoms with Gasteiger partial charge in [-0.05, 0) is 79.0 Å². The molecule has 2 aromatic rings. The lowest BCUT2D eigenvalue weighted by Crippen LogP contribution is -2.29. The number of aliphatic hydroxyl groups is 1. The third-order valence-corrected chi connectivity index (χ3v) is 7.72. The predicted molar refractivity (Wildman–Crippen MR) is 133 cm³/mol. The quantitative estimate of drug-likeness (QED) is 0.354. The third-order valence-electron chi connectivity index (χ3n) is 7.72. The summed E-state index contributed by atoms with van der Waals surface area (Å²) in [6.07, 6.45) is 8.61. The van der Waals surface area contributed by atoms with Gasteiger partial charge in [0.2, 0.25) is 0 Å². The molecule has 1 saturated carbocycles. The number of fused-ring (bicyclic) bond motifs is 1. The summed E-state index contributed by atoms with van der Waals surface area (Å²) in [5.74, 6) is 0.206. The molecule has 0 aromatic heterocycles. The molecule has 3 N–H and O–H groups in total. The molecule has 2 heteroatoms. The van der Waals surface area contributed by atoms with Gasteiger partial charge in [-0.15, -0.1) is 0 Å². The molecule has 31 heavy (non-hydrogen) atoms. The normalized spacial score (nSPS) is 25.1. The van der Waals surface area contributed by atoms with E-state index >= 15 is 0 Å². The highest BCUT2D eigenvalue weighted by molar-refractivity contribution is 5.91. The van der Waals surface area contributed by atoms with Gasteiger partial charge in [0.05, 0.1) is 6.10 Å². The van der Waals surface area contributed by atoms with E-state index in [0.29, 0.717) is 0 Å². The molecule has 2 aliphatic rings. The van der Waals surface area contributed by atoms with Gasteiger partial charge >= 0.3 is 0 Å². The second-order valence-electron chi connectivity index (χ2n) is 9.60. The topological polar surface area (TPSA) is 46.2 Å². The van der Waals surface area contributed by atoms with E-state index in [4.69, 9.17) is 5.73 Å². The summed E-state index contributed by atoms with van der Waals surface area (Å²) < 4.78 is 0. The largest absolute Gasteiger partial charge is 0.399 e. The molecular formula is C29H37NO. The zero-order valence-electron chi connectivity index (χ0n) is 19.2. The molecule has 1 fully saturated rings. The molecular weight excluding hydrogens is 378 g/mol. The van der Waals surface area contributed by atoms with Crippen LogP contribution in [-0.4, -0.2) is 11.2 Å². The number of hydrogen-bond acceptors (Lipinski definition) is 2. The number of anilines is 1. The summed E-state index contributed by atoms with van der Waals surface area (Å²) in [4.78, 5) is 0. The summed E-state index contributed by atoms with van der Waals surface area (Å²) in [6, 6.07) is 16.9. The molecule has 3 unspecified atom stereocenters. The van der Waals surface area contributed by atoms with Gasteiger partial charge in [-0.2, -0.15) is 0 Å². The Labute approximate surface area is 187 Å². The Kier molecular flexibility index (Phi) is 6.39. The minimum atomic E-state index is -0.273. The SMILES string of the molecule is C=C(c1ccccc1)C12CCC(O)C1CC(CCCCCC)=C2c1cc(N)ccc1C. The first-order valence-corrected chi connectivity index (χ1v) is 12.0. The van der Waals surface area contributed by atoms with Crippen molar-refractivity contribution in [1.82, 2.24) is 0 Å². The Morgan fingerprint density at radius 3 is 2.65 bits per heavy atom. The molecule has 0 radical (unpaired) electrons. The maximum absolute atomic E-state index is 11.1. The van der Waals surface area contributed by atoms with E-state index in [0.717, 1.165) is 36.9 Å². The van der Waals surface area contributed by atoms with Gasteiger partial charge in [-0.3, -0.25) is 0 Å². The van der Waals surface area contributed by atoms with Crippen LogP contribution in [0.25, 0.3) is 11.1 Å². The van der Waals surface area contributed by atoms with Gasteiger partial charge < -0.3 is 10.8 Å². The van der Waals surface area contributed by atoms with Crippen molar-refractivity contribution < 1.29 is 5.11 Å². The Hall–Kier alpha value is -2.32. The smallest absolute Gasteiger partial charge is 0.0583 e. The lowest BCUT2D eigenvalue weighted by Gasteiger charge is -2.37. The molecule has 2 aliphatic carbocycles. The van der Waals surface area contributed by atoms with E-state index in [2.05, 4.69) is 62.9 Å². The lowest BCUT2D eigenvalue weighted by molar-refractivity contribution is 0.120. The molecule has 3 atom stereocenters. The molecule has 2 aromatic carbocycles. The van der Waals surface area contributed by atoms with E-state index in [1.807, 2.05) is 6.07 Å². The summed E-state index contributed by atoms with van der Waals surface area (Å²) in [7, 11) is 0. The van der Waals surface area contributed by atoms with Crippen LogP contribution < -0.4 is 5.73 Å². The second kappa shape index (κ2) is 9.04. The van der Waals surface area contributed by atoms with Crippen LogP contribution in [0.15, 0.2) is 60.7 Å². The number of hydrogen-bond donors (Lipinski definition) is 2. The molecule has 0 spiro atoms. The molecule has 2 nitrogen and oxygen atoms in total. The molecule has 0 amide bonds. The number of allylic oxidation sites excluding steroid dienone is 3. The number of nitrogens with two attached hydrogens (primary N) is 1. The van der Waals surface area contributed by atoms with Crippen molar-refractivity contribution in [2.45, 2.75) is 71.3 Å². The fourth-order valence-corrected chi connectivity index (χ4v) is 6.15. The fourth-order valence-electron chi connectivity index (χ4n) is 6.15. The highest BCUT2D eigenvalue weighted by Gasteiger charge is 2.56. The standard InChI is InChI=1S/C29H37NO/c1-4-5-6-8-13-23-18-26-27(31)16-17-29(26,21(3)22-11-9-7-10-12-22)28(23)25-19-24(30)15-14-20(25)2/h7,9-12,14-15,19,26-27,31H,3-6,8,13,16-18,30H2,1-2H3. The summed E-state index contributed by atoms with van der Waals surface area (Å²) in [5.41, 5.74) is 14.7. The van der Waals surface area contributed by atoms with Crippen molar-refractivity contribution in [3.8, 4) is 0 Å². The van der Waals surface area contributed by atoms with Crippen LogP contribution in [0, 0.1) is 18.3 Å². The van der Waals surface area contributed by atoms with Crippen molar-refractivity contribution >= 4 is 16.8 Å². The van der Waals surface area contributed by atoms with Gasteiger partial charge in [-0.25, -0.2) is 0 Å². The van der Waals surface area contributed by atoms with Crippen LogP contribution in [0.4, 0.5) is 5.69 Å². The van der Waals surface area contributed by atoms with E-state index in [1.165, 1.54) is 53.5 Å². The highest BCUT2D eigenvalue weighted by Crippen LogP contribution is 2.66. The van der Waals surface area contributed by atoms with Crippen molar-refractivity contribution in [3.63, 3.8) is 0 Å². The zero-order chi connectivity index (χ0) is 22.0. The van der Waals surface area contributed by atoms with Crippen molar-refractivity contribution in [2.75, 3.05) is 5.73 Å². The number of nitrogen functional groups attached to an aromatic ring is 1. The molecule has 0 aliphatic heterocycles. The van der Waals surface area contributed by atoms with E-state index in [1.54, 1.807) is 0 Å². The van der Waals surface area contributed by atoms with E-state index < -0.39 is 0 Å². The molecule has 0 bridgehead atoms. The number of aliphatic hydroxyl groups excluding tert-OH is 1. The second-order valence-corrected chi connectivity index (χ2v) is 9.60. The Morgan fingerprint density at radius 2 is 1.90 bits per heavy atom. The first-order chi connectivity index (χ1) is 15.0. The Bertz CT molecular complexity index is 973. The summed E-state index contributed by atoms with van der Waals surface area (Å²) in [6.45, 7) is 9.12. The van der Waals surface area contributed by atoms with Crippen LogP contribution in [0.5, 0.6) is 0 Å². The lowest BCUT2D eigenvalue weighted by atomic mass is 9.66. The molecule has 4 rings (SSSR count). The van der Waals surface area contributed by atoms with Crippen molar-refractivity contribution in [2.24, 2.45) is 11.3 Å². The molecule has 0 saturated heterocycles. The monoisotopic (exact) mass is 415 g/mol. The number of benzene rings is 2. The average Bonchev–Trinajstić information content (AvgIpc) is 3.28. The third kappa shape index (κ3) is 3.87. The zero-order valence-corrected chi connectivity index (χ0v) is 19.2. The van der Waals surface area contributed by atoms with Gasteiger partial charge in [0.1, 0.15) is 0 Å². The molecule has 0 heterocycles. The maximum atomic E-state index is 11.1. The number of aryl methyl sites for hydroxylation is 1. The average molecular weight is 416 g/mol. The van der Waals surface area contributed by atoms with Gasteiger partial charge in [0.25, 0.3) is 0 Å². The highest BCUT2D eigenvalue weighted by atomic mass is 16.3.